The predicted octanol–water partition coefficient (Wildman–Crippen LogP) is 13.2. The number of fused-ring (bicyclic) bond motifs is 3. The van der Waals surface area contributed by atoms with Crippen LogP contribution in [-0.2, 0) is 0 Å². The standard InChI is InChI=1S/C46H31NO/c1-2-12-35(13-3-1)43-27-22-38(30-44(43)46-31-39-16-8-9-17-45(39)48-46)34-18-23-40(24-19-34)47(41-25-20-32-10-4-6-14-36(32)28-41)42-26-21-33-11-5-7-15-37(33)29-42/h1-31H. The summed E-state index contributed by atoms with van der Waals surface area (Å²) in [6.45, 7) is 0. The fourth-order valence-electron chi connectivity index (χ4n) is 6.79. The Bertz CT molecular complexity index is 2450. The Morgan fingerprint density at radius 3 is 1.50 bits per heavy atom. The molecule has 0 fully saturated rings. The number of hydrogen-bond donors (Lipinski definition) is 0. The van der Waals surface area contributed by atoms with Crippen LogP contribution in [0.2, 0.25) is 0 Å². The van der Waals surface area contributed by atoms with E-state index >= 15 is 0 Å². The second kappa shape index (κ2) is 11.8. The molecule has 0 amide bonds. The lowest BCUT2D eigenvalue weighted by atomic mass is 9.93. The van der Waals surface area contributed by atoms with Crippen LogP contribution in [0.3, 0.4) is 0 Å². The van der Waals surface area contributed by atoms with E-state index in [9.17, 15) is 0 Å². The maximum absolute atomic E-state index is 6.41. The molecule has 0 unspecified atom stereocenters. The Balaban J connectivity index is 1.15. The quantitative estimate of drug-likeness (QED) is 0.185. The molecule has 0 aliphatic carbocycles. The van der Waals surface area contributed by atoms with E-state index in [1.807, 2.05) is 12.1 Å². The van der Waals surface area contributed by atoms with Crippen LogP contribution in [0.5, 0.6) is 0 Å². The molecule has 0 aliphatic rings. The van der Waals surface area contributed by atoms with Crippen LogP contribution in [0.1, 0.15) is 0 Å². The molecular weight excluding hydrogens is 583 g/mol. The Morgan fingerprint density at radius 1 is 0.312 bits per heavy atom. The Hall–Kier alpha value is -6.38. The molecule has 2 heteroatoms. The van der Waals surface area contributed by atoms with E-state index in [-0.39, 0.29) is 0 Å². The highest BCUT2D eigenvalue weighted by Crippen LogP contribution is 2.41. The first-order valence-corrected chi connectivity index (χ1v) is 16.3. The van der Waals surface area contributed by atoms with Crippen LogP contribution in [0, 0.1) is 0 Å². The third kappa shape index (κ3) is 5.10. The monoisotopic (exact) mass is 613 g/mol. The Morgan fingerprint density at radius 2 is 0.854 bits per heavy atom. The zero-order chi connectivity index (χ0) is 31.9. The van der Waals surface area contributed by atoms with Crippen LogP contribution in [0.4, 0.5) is 17.1 Å². The topological polar surface area (TPSA) is 16.4 Å². The second-order valence-electron chi connectivity index (χ2n) is 12.2. The van der Waals surface area contributed by atoms with E-state index in [1.54, 1.807) is 0 Å². The molecular formula is C46H31NO. The van der Waals surface area contributed by atoms with E-state index < -0.39 is 0 Å². The molecule has 2 nitrogen and oxygen atoms in total. The second-order valence-corrected chi connectivity index (χ2v) is 12.2. The summed E-state index contributed by atoms with van der Waals surface area (Å²) in [5.41, 5.74) is 9.91. The van der Waals surface area contributed by atoms with E-state index in [0.29, 0.717) is 0 Å². The Labute approximate surface area is 279 Å². The fraction of sp³-hybridized carbons (Fsp3) is 0. The van der Waals surface area contributed by atoms with Gasteiger partial charge in [-0.2, -0.15) is 0 Å². The van der Waals surface area contributed by atoms with Gasteiger partial charge in [-0.05, 0) is 98.4 Å². The molecule has 0 N–H and O–H groups in total. The third-order valence-corrected chi connectivity index (χ3v) is 9.24. The first-order chi connectivity index (χ1) is 23.8. The highest BCUT2D eigenvalue weighted by molar-refractivity contribution is 5.94. The van der Waals surface area contributed by atoms with Crippen molar-refractivity contribution in [1.82, 2.24) is 0 Å². The van der Waals surface area contributed by atoms with Gasteiger partial charge >= 0.3 is 0 Å². The molecule has 0 aliphatic heterocycles. The Kier molecular flexibility index (Phi) is 6.84. The van der Waals surface area contributed by atoms with Crippen molar-refractivity contribution < 1.29 is 4.42 Å². The summed E-state index contributed by atoms with van der Waals surface area (Å²) in [4.78, 5) is 2.35. The lowest BCUT2D eigenvalue weighted by molar-refractivity contribution is 0.632. The number of benzene rings is 8. The zero-order valence-corrected chi connectivity index (χ0v) is 26.3. The maximum atomic E-state index is 6.41. The van der Waals surface area contributed by atoms with Crippen LogP contribution in [0.25, 0.3) is 66.1 Å². The average molecular weight is 614 g/mol. The molecule has 0 bridgehead atoms. The van der Waals surface area contributed by atoms with Crippen molar-refractivity contribution in [2.75, 3.05) is 4.90 Å². The van der Waals surface area contributed by atoms with Gasteiger partial charge in [-0.3, -0.25) is 0 Å². The molecule has 0 saturated carbocycles. The van der Waals surface area contributed by atoms with E-state index in [0.717, 1.165) is 61.6 Å². The van der Waals surface area contributed by atoms with Gasteiger partial charge in [0.25, 0.3) is 0 Å². The van der Waals surface area contributed by atoms with Gasteiger partial charge in [-0.25, -0.2) is 0 Å². The molecule has 9 rings (SSSR count). The first-order valence-electron chi connectivity index (χ1n) is 16.3. The summed E-state index contributed by atoms with van der Waals surface area (Å²) in [6, 6.07) is 67.0. The highest BCUT2D eigenvalue weighted by Gasteiger charge is 2.16. The molecule has 0 spiro atoms. The lowest BCUT2D eigenvalue weighted by Gasteiger charge is -2.26. The molecule has 0 radical (unpaired) electrons. The SMILES string of the molecule is c1ccc(-c2ccc(-c3ccc(N(c4ccc5ccccc5c4)c4ccc5ccccc5c4)cc3)cc2-c2cc3ccccc3o2)cc1. The largest absolute Gasteiger partial charge is 0.456 e. The number of anilines is 3. The van der Waals surface area contributed by atoms with Crippen LogP contribution in [-0.4, -0.2) is 0 Å². The van der Waals surface area contributed by atoms with Gasteiger partial charge in [0, 0.05) is 28.0 Å². The molecule has 1 heterocycles. The van der Waals surface area contributed by atoms with Gasteiger partial charge in [-0.15, -0.1) is 0 Å². The van der Waals surface area contributed by atoms with Crippen molar-refractivity contribution in [2.45, 2.75) is 0 Å². The summed E-state index contributed by atoms with van der Waals surface area (Å²) in [5.74, 6) is 0.868. The normalized spacial score (nSPS) is 11.3. The van der Waals surface area contributed by atoms with Crippen molar-refractivity contribution in [1.29, 1.82) is 0 Å². The van der Waals surface area contributed by atoms with Gasteiger partial charge in [0.15, 0.2) is 0 Å². The minimum atomic E-state index is 0.868. The summed E-state index contributed by atoms with van der Waals surface area (Å²) in [7, 11) is 0. The fourth-order valence-corrected chi connectivity index (χ4v) is 6.79. The lowest BCUT2D eigenvalue weighted by Crippen LogP contribution is -2.09. The van der Waals surface area contributed by atoms with Gasteiger partial charge < -0.3 is 9.32 Å². The summed E-state index contributed by atoms with van der Waals surface area (Å²) in [6.07, 6.45) is 0. The molecule has 8 aromatic carbocycles. The first kappa shape index (κ1) is 27.9. The van der Waals surface area contributed by atoms with Crippen LogP contribution >= 0.6 is 0 Å². The average Bonchev–Trinajstić information content (AvgIpc) is 3.60. The maximum Gasteiger partial charge on any atom is 0.136 e. The minimum absolute atomic E-state index is 0.868. The van der Waals surface area contributed by atoms with Crippen molar-refractivity contribution in [2.24, 2.45) is 0 Å². The van der Waals surface area contributed by atoms with Gasteiger partial charge in [0.2, 0.25) is 0 Å². The zero-order valence-electron chi connectivity index (χ0n) is 26.3. The number of nitrogens with zero attached hydrogens (tertiary/aromatic N) is 1. The number of hydrogen-bond acceptors (Lipinski definition) is 2. The van der Waals surface area contributed by atoms with Gasteiger partial charge in [0.1, 0.15) is 11.3 Å². The van der Waals surface area contributed by atoms with E-state index in [2.05, 4.69) is 181 Å². The molecule has 1 aromatic heterocycles. The van der Waals surface area contributed by atoms with Crippen molar-refractivity contribution in [3.05, 3.63) is 188 Å². The number of furan rings is 1. The van der Waals surface area contributed by atoms with Crippen molar-refractivity contribution >= 4 is 49.6 Å². The summed E-state index contributed by atoms with van der Waals surface area (Å²) in [5, 5.41) is 6.00. The molecule has 9 aromatic rings. The minimum Gasteiger partial charge on any atom is -0.456 e. The van der Waals surface area contributed by atoms with E-state index in [4.69, 9.17) is 4.42 Å². The smallest absolute Gasteiger partial charge is 0.136 e. The predicted molar refractivity (Wildman–Crippen MR) is 202 cm³/mol. The highest BCUT2D eigenvalue weighted by atomic mass is 16.3. The van der Waals surface area contributed by atoms with Crippen LogP contribution in [0.15, 0.2) is 192 Å². The number of rotatable bonds is 6. The van der Waals surface area contributed by atoms with Gasteiger partial charge in [0.05, 0.1) is 0 Å². The summed E-state index contributed by atoms with van der Waals surface area (Å²) < 4.78 is 6.41. The van der Waals surface area contributed by atoms with Gasteiger partial charge in [-0.1, -0.05) is 133 Å². The van der Waals surface area contributed by atoms with Crippen molar-refractivity contribution in [3.8, 4) is 33.6 Å². The third-order valence-electron chi connectivity index (χ3n) is 9.24. The van der Waals surface area contributed by atoms with Crippen molar-refractivity contribution in [3.63, 3.8) is 0 Å². The molecule has 0 saturated heterocycles. The summed E-state index contributed by atoms with van der Waals surface area (Å²) >= 11 is 0. The molecule has 226 valence electrons. The van der Waals surface area contributed by atoms with E-state index in [1.165, 1.54) is 21.5 Å². The number of para-hydroxylation sites is 1. The molecule has 48 heavy (non-hydrogen) atoms. The van der Waals surface area contributed by atoms with Crippen LogP contribution < -0.4 is 4.90 Å². The molecule has 0 atom stereocenters.